The quantitative estimate of drug-likeness (QED) is 0.470. The van der Waals surface area contributed by atoms with E-state index in [1.807, 2.05) is 6.92 Å². The van der Waals surface area contributed by atoms with Gasteiger partial charge in [0.15, 0.2) is 0 Å². The molecule has 2 amide bonds. The second-order valence-electron chi connectivity index (χ2n) is 4.83. The van der Waals surface area contributed by atoms with Crippen molar-refractivity contribution in [2.24, 2.45) is 0 Å². The van der Waals surface area contributed by atoms with Gasteiger partial charge in [-0.3, -0.25) is 4.90 Å². The molecule has 1 rings (SSSR count). The lowest BCUT2D eigenvalue weighted by atomic mass is 10.2. The number of aliphatic hydroxyl groups is 1. The predicted molar refractivity (Wildman–Crippen MR) is 71.5 cm³/mol. The Kier molecular flexibility index (Phi) is 7.27. The Labute approximate surface area is 118 Å². The van der Waals surface area contributed by atoms with Crippen LogP contribution in [-0.4, -0.2) is 78.7 Å². The largest absolute Gasteiger partial charge is 0.480 e. The summed E-state index contributed by atoms with van der Waals surface area (Å²) in [7, 11) is 0. The zero-order chi connectivity index (χ0) is 15.0. The van der Waals surface area contributed by atoms with E-state index in [0.29, 0.717) is 19.8 Å². The number of carboxylic acids is 1. The number of carbonyl (C=O) groups is 2. The van der Waals surface area contributed by atoms with Crippen molar-refractivity contribution in [1.82, 2.24) is 15.5 Å². The van der Waals surface area contributed by atoms with Crippen LogP contribution in [0.15, 0.2) is 0 Å². The van der Waals surface area contributed by atoms with E-state index in [-0.39, 0.29) is 19.1 Å². The van der Waals surface area contributed by atoms with E-state index in [9.17, 15) is 9.59 Å². The average molecular weight is 289 g/mol. The molecule has 4 N–H and O–H groups in total. The minimum absolute atomic E-state index is 0.0133. The number of aliphatic carboxylic acids is 1. The Morgan fingerprint density at radius 1 is 1.30 bits per heavy atom. The number of urea groups is 1. The third-order valence-electron chi connectivity index (χ3n) is 3.03. The summed E-state index contributed by atoms with van der Waals surface area (Å²) in [6.07, 6.45) is -0.0133. The highest BCUT2D eigenvalue weighted by Crippen LogP contribution is 1.98. The smallest absolute Gasteiger partial charge is 0.326 e. The molecule has 20 heavy (non-hydrogen) atoms. The molecular weight excluding hydrogens is 266 g/mol. The maximum Gasteiger partial charge on any atom is 0.326 e. The number of nitrogens with one attached hydrogen (secondary N) is 2. The van der Waals surface area contributed by atoms with Crippen LogP contribution in [0.4, 0.5) is 4.79 Å². The van der Waals surface area contributed by atoms with Crippen molar-refractivity contribution in [1.29, 1.82) is 0 Å². The summed E-state index contributed by atoms with van der Waals surface area (Å²) in [5.41, 5.74) is 0. The number of morpholine rings is 1. The van der Waals surface area contributed by atoms with Gasteiger partial charge < -0.3 is 25.6 Å². The predicted octanol–water partition coefficient (Wildman–Crippen LogP) is -1.16. The molecule has 1 heterocycles. The molecule has 0 aromatic heterocycles. The Balaban J connectivity index is 2.30. The van der Waals surface area contributed by atoms with Gasteiger partial charge in [-0.2, -0.15) is 0 Å². The van der Waals surface area contributed by atoms with E-state index in [1.54, 1.807) is 0 Å². The van der Waals surface area contributed by atoms with E-state index >= 15 is 0 Å². The van der Waals surface area contributed by atoms with Crippen LogP contribution in [0.3, 0.4) is 0 Å². The van der Waals surface area contributed by atoms with Crippen LogP contribution in [0.5, 0.6) is 0 Å². The van der Waals surface area contributed by atoms with Gasteiger partial charge in [0, 0.05) is 38.7 Å². The first kappa shape index (κ1) is 16.7. The summed E-state index contributed by atoms with van der Waals surface area (Å²) in [4.78, 5) is 24.7. The lowest BCUT2D eigenvalue weighted by Crippen LogP contribution is -2.52. The van der Waals surface area contributed by atoms with Gasteiger partial charge in [-0.15, -0.1) is 0 Å². The van der Waals surface area contributed by atoms with Gasteiger partial charge in [-0.25, -0.2) is 9.59 Å². The number of aliphatic hydroxyl groups excluding tert-OH is 1. The summed E-state index contributed by atoms with van der Waals surface area (Å²) in [5.74, 6) is -1.16. The molecule has 8 heteroatoms. The van der Waals surface area contributed by atoms with Crippen molar-refractivity contribution in [2.45, 2.75) is 25.4 Å². The van der Waals surface area contributed by atoms with Crippen molar-refractivity contribution in [3.63, 3.8) is 0 Å². The van der Waals surface area contributed by atoms with Crippen LogP contribution >= 0.6 is 0 Å². The second-order valence-corrected chi connectivity index (χ2v) is 4.83. The molecule has 0 aliphatic carbocycles. The van der Waals surface area contributed by atoms with Crippen LogP contribution < -0.4 is 10.6 Å². The third kappa shape index (κ3) is 6.18. The summed E-state index contributed by atoms with van der Waals surface area (Å²) < 4.78 is 5.24. The van der Waals surface area contributed by atoms with E-state index in [2.05, 4.69) is 15.5 Å². The van der Waals surface area contributed by atoms with Gasteiger partial charge >= 0.3 is 12.0 Å². The molecule has 8 nitrogen and oxygen atoms in total. The van der Waals surface area contributed by atoms with Crippen LogP contribution in [-0.2, 0) is 9.53 Å². The van der Waals surface area contributed by atoms with Crippen molar-refractivity contribution in [3.8, 4) is 0 Å². The maximum absolute atomic E-state index is 11.7. The molecule has 0 aromatic rings. The molecular formula is C12H23N3O5. The minimum Gasteiger partial charge on any atom is -0.480 e. The first-order valence-corrected chi connectivity index (χ1v) is 6.73. The van der Waals surface area contributed by atoms with E-state index in [4.69, 9.17) is 14.9 Å². The Morgan fingerprint density at radius 3 is 2.50 bits per heavy atom. The van der Waals surface area contributed by atoms with Crippen LogP contribution in [0.2, 0.25) is 0 Å². The van der Waals surface area contributed by atoms with Gasteiger partial charge in [-0.05, 0) is 6.92 Å². The SMILES string of the molecule is CC(CN1CCOCC1)NC(=O)NC(CCO)C(=O)O. The first-order chi connectivity index (χ1) is 9.52. The fraction of sp³-hybridized carbons (Fsp3) is 0.833. The summed E-state index contributed by atoms with van der Waals surface area (Å²) in [6, 6.07) is -1.71. The van der Waals surface area contributed by atoms with Gasteiger partial charge in [0.05, 0.1) is 13.2 Å². The van der Waals surface area contributed by atoms with Gasteiger partial charge in [0.2, 0.25) is 0 Å². The number of nitrogens with zero attached hydrogens (tertiary/aromatic N) is 1. The summed E-state index contributed by atoms with van der Waals surface area (Å²) >= 11 is 0. The van der Waals surface area contributed by atoms with Crippen molar-refractivity contribution < 1.29 is 24.5 Å². The summed E-state index contributed by atoms with van der Waals surface area (Å²) in [6.45, 7) is 5.30. The number of carboxylic acid groups (broad SMARTS) is 1. The Hall–Kier alpha value is -1.38. The normalized spacial score (nSPS) is 19.1. The molecule has 2 unspecified atom stereocenters. The highest BCUT2D eigenvalue weighted by atomic mass is 16.5. The molecule has 0 radical (unpaired) electrons. The van der Waals surface area contributed by atoms with Gasteiger partial charge in [0.25, 0.3) is 0 Å². The zero-order valence-corrected chi connectivity index (χ0v) is 11.7. The molecule has 0 bridgehead atoms. The number of carbonyl (C=O) groups excluding carboxylic acids is 1. The van der Waals surface area contributed by atoms with Crippen molar-refractivity contribution >= 4 is 12.0 Å². The fourth-order valence-corrected chi connectivity index (χ4v) is 2.03. The molecule has 0 aromatic carbocycles. The Bertz CT molecular complexity index is 320. The zero-order valence-electron chi connectivity index (χ0n) is 11.7. The van der Waals surface area contributed by atoms with E-state index in [0.717, 1.165) is 13.1 Å². The maximum atomic E-state index is 11.7. The number of hydrogen-bond acceptors (Lipinski definition) is 5. The molecule has 1 saturated heterocycles. The molecule has 1 aliphatic rings. The lowest BCUT2D eigenvalue weighted by molar-refractivity contribution is -0.139. The fourth-order valence-electron chi connectivity index (χ4n) is 2.03. The molecule has 116 valence electrons. The topological polar surface area (TPSA) is 111 Å². The first-order valence-electron chi connectivity index (χ1n) is 6.73. The van der Waals surface area contributed by atoms with Gasteiger partial charge in [-0.1, -0.05) is 0 Å². The van der Waals surface area contributed by atoms with Crippen LogP contribution in [0.25, 0.3) is 0 Å². The molecule has 1 fully saturated rings. The molecule has 1 aliphatic heterocycles. The number of amides is 2. The highest BCUT2D eigenvalue weighted by Gasteiger charge is 2.21. The number of rotatable bonds is 7. The second kappa shape index (κ2) is 8.72. The van der Waals surface area contributed by atoms with E-state index < -0.39 is 18.0 Å². The number of ether oxygens (including phenoxy) is 1. The van der Waals surface area contributed by atoms with E-state index in [1.165, 1.54) is 0 Å². The van der Waals surface area contributed by atoms with Crippen LogP contribution in [0.1, 0.15) is 13.3 Å². The van der Waals surface area contributed by atoms with Gasteiger partial charge in [0.1, 0.15) is 6.04 Å². The standard InChI is InChI=1S/C12H23N3O5/c1-9(8-15-3-6-20-7-4-15)13-12(19)14-10(2-5-16)11(17)18/h9-10,16H,2-8H2,1H3,(H,17,18)(H2,13,14,19). The monoisotopic (exact) mass is 289 g/mol. The van der Waals surface area contributed by atoms with Crippen molar-refractivity contribution in [2.75, 3.05) is 39.5 Å². The third-order valence-corrected chi connectivity index (χ3v) is 3.03. The lowest BCUT2D eigenvalue weighted by Gasteiger charge is -2.29. The molecule has 2 atom stereocenters. The average Bonchev–Trinajstić information content (AvgIpc) is 2.38. The molecule has 0 spiro atoms. The highest BCUT2D eigenvalue weighted by molar-refractivity contribution is 5.82. The van der Waals surface area contributed by atoms with Crippen LogP contribution in [0, 0.1) is 0 Å². The number of hydrogen-bond donors (Lipinski definition) is 4. The molecule has 0 saturated carbocycles. The minimum atomic E-state index is -1.16. The van der Waals surface area contributed by atoms with Crippen molar-refractivity contribution in [3.05, 3.63) is 0 Å². The summed E-state index contributed by atoms with van der Waals surface area (Å²) in [5, 5.41) is 22.6. The Morgan fingerprint density at radius 2 is 1.95 bits per heavy atom.